The first-order valence-electron chi connectivity index (χ1n) is 12.1. The predicted molar refractivity (Wildman–Crippen MR) is 139 cm³/mol. The van der Waals surface area contributed by atoms with Gasteiger partial charge < -0.3 is 19.5 Å². The highest BCUT2D eigenvalue weighted by atomic mass is 19.1. The number of aliphatic hydroxyl groups is 1. The van der Waals surface area contributed by atoms with E-state index < -0.39 is 5.60 Å². The summed E-state index contributed by atoms with van der Waals surface area (Å²) >= 11 is 0. The Morgan fingerprint density at radius 3 is 2.62 bits per heavy atom. The first-order chi connectivity index (χ1) is 17.7. The Balaban J connectivity index is 1.65. The number of benzene rings is 2. The molecule has 1 N–H and O–H groups in total. The van der Waals surface area contributed by atoms with E-state index >= 15 is 4.39 Å². The summed E-state index contributed by atoms with van der Waals surface area (Å²) in [7, 11) is 0. The molecular formula is C28H27FN6O2. The first kappa shape index (κ1) is 24.4. The second kappa shape index (κ2) is 9.30. The average Bonchev–Trinajstić information content (AvgIpc) is 3.28. The summed E-state index contributed by atoms with van der Waals surface area (Å²) < 4.78 is 16.9. The standard InChI is InChI=1S/C28H27FN6O2/c1-18-15-33(11-12-34(18)27(36)28(2,3)37)25-24-22(21-9-4-5-10-23(21)29)16-35(26(24)32-17-31-25)20-8-6-7-19(13-20)14-30/h4-10,13,16-18,37H,11-12,15H2,1-3H3. The van der Waals surface area contributed by atoms with Gasteiger partial charge in [0, 0.05) is 48.7 Å². The third-order valence-corrected chi connectivity index (χ3v) is 6.69. The minimum Gasteiger partial charge on any atom is -0.381 e. The number of fused-ring (bicyclic) bond motifs is 1. The lowest BCUT2D eigenvalue weighted by molar-refractivity contribution is -0.150. The lowest BCUT2D eigenvalue weighted by Gasteiger charge is -2.42. The van der Waals surface area contributed by atoms with E-state index in [1.807, 2.05) is 23.8 Å². The van der Waals surface area contributed by atoms with Gasteiger partial charge in [0.25, 0.3) is 5.91 Å². The molecule has 37 heavy (non-hydrogen) atoms. The molecule has 1 amide bonds. The third-order valence-electron chi connectivity index (χ3n) is 6.69. The van der Waals surface area contributed by atoms with Crippen LogP contribution in [0.15, 0.2) is 61.1 Å². The van der Waals surface area contributed by atoms with Crippen LogP contribution in [0.3, 0.4) is 0 Å². The molecule has 1 unspecified atom stereocenters. The minimum atomic E-state index is -1.45. The molecule has 188 valence electrons. The number of carbonyl (C=O) groups is 1. The minimum absolute atomic E-state index is 0.177. The number of nitrogens with zero attached hydrogens (tertiary/aromatic N) is 6. The van der Waals surface area contributed by atoms with E-state index in [9.17, 15) is 15.2 Å². The van der Waals surface area contributed by atoms with Gasteiger partial charge in [0.05, 0.1) is 17.0 Å². The van der Waals surface area contributed by atoms with E-state index in [-0.39, 0.29) is 17.8 Å². The molecule has 1 aliphatic rings. The third kappa shape index (κ3) is 4.41. The maximum absolute atomic E-state index is 15.0. The van der Waals surface area contributed by atoms with Gasteiger partial charge in [0.2, 0.25) is 0 Å². The van der Waals surface area contributed by atoms with Crippen LogP contribution in [0, 0.1) is 17.1 Å². The van der Waals surface area contributed by atoms with Gasteiger partial charge in [-0.05, 0) is 45.0 Å². The number of carbonyl (C=O) groups excluding carboxylic acids is 1. The van der Waals surface area contributed by atoms with E-state index in [2.05, 4.69) is 20.9 Å². The summed E-state index contributed by atoms with van der Waals surface area (Å²) in [5, 5.41) is 20.3. The highest BCUT2D eigenvalue weighted by Crippen LogP contribution is 2.38. The Morgan fingerprint density at radius 2 is 1.92 bits per heavy atom. The largest absolute Gasteiger partial charge is 0.381 e. The van der Waals surface area contributed by atoms with Crippen LogP contribution in [0.25, 0.3) is 27.8 Å². The summed E-state index contributed by atoms with van der Waals surface area (Å²) in [5.74, 6) is -0.0419. The van der Waals surface area contributed by atoms with Crippen LogP contribution >= 0.6 is 0 Å². The fraction of sp³-hybridized carbons (Fsp3) is 0.286. The summed E-state index contributed by atoms with van der Waals surface area (Å²) in [5.41, 5.74) is 1.41. The van der Waals surface area contributed by atoms with E-state index in [0.717, 1.165) is 5.69 Å². The summed E-state index contributed by atoms with van der Waals surface area (Å²) in [6, 6.07) is 15.7. The van der Waals surface area contributed by atoms with Gasteiger partial charge in [0.1, 0.15) is 23.6 Å². The van der Waals surface area contributed by atoms with Crippen LogP contribution < -0.4 is 4.90 Å². The Morgan fingerprint density at radius 1 is 1.14 bits per heavy atom. The molecule has 3 heterocycles. The van der Waals surface area contributed by atoms with Gasteiger partial charge in [-0.25, -0.2) is 14.4 Å². The number of nitriles is 1. The number of piperazine rings is 1. The van der Waals surface area contributed by atoms with E-state index in [0.29, 0.717) is 53.2 Å². The van der Waals surface area contributed by atoms with Crippen molar-refractivity contribution < 1.29 is 14.3 Å². The zero-order valence-electron chi connectivity index (χ0n) is 20.9. The van der Waals surface area contributed by atoms with Crippen molar-refractivity contribution in [3.05, 3.63) is 72.4 Å². The van der Waals surface area contributed by atoms with Crippen molar-refractivity contribution in [2.75, 3.05) is 24.5 Å². The van der Waals surface area contributed by atoms with Crippen molar-refractivity contribution in [2.45, 2.75) is 32.4 Å². The molecule has 0 saturated carbocycles. The van der Waals surface area contributed by atoms with Crippen LogP contribution in [-0.2, 0) is 4.79 Å². The Kier molecular flexibility index (Phi) is 6.13. The lowest BCUT2D eigenvalue weighted by Crippen LogP contribution is -2.58. The molecule has 2 aromatic carbocycles. The molecule has 0 bridgehead atoms. The Hall–Kier alpha value is -4.29. The van der Waals surface area contributed by atoms with Crippen LogP contribution in [0.5, 0.6) is 0 Å². The van der Waals surface area contributed by atoms with Gasteiger partial charge in [0.15, 0.2) is 5.65 Å². The van der Waals surface area contributed by atoms with Crippen molar-refractivity contribution in [3.63, 3.8) is 0 Å². The zero-order chi connectivity index (χ0) is 26.3. The number of hydrogen-bond donors (Lipinski definition) is 1. The van der Waals surface area contributed by atoms with E-state index in [1.54, 1.807) is 41.3 Å². The van der Waals surface area contributed by atoms with Crippen molar-refractivity contribution in [3.8, 4) is 22.9 Å². The highest BCUT2D eigenvalue weighted by Gasteiger charge is 2.36. The van der Waals surface area contributed by atoms with Gasteiger partial charge in [-0.3, -0.25) is 4.79 Å². The molecule has 4 aromatic rings. The first-order valence-corrected chi connectivity index (χ1v) is 12.1. The maximum atomic E-state index is 15.0. The van der Waals surface area contributed by atoms with E-state index in [1.165, 1.54) is 26.2 Å². The average molecular weight is 499 g/mol. The van der Waals surface area contributed by atoms with Crippen molar-refractivity contribution in [1.82, 2.24) is 19.4 Å². The summed E-state index contributed by atoms with van der Waals surface area (Å²) in [4.78, 5) is 25.7. The second-order valence-corrected chi connectivity index (χ2v) is 9.80. The van der Waals surface area contributed by atoms with Gasteiger partial charge in [-0.1, -0.05) is 24.3 Å². The quantitative estimate of drug-likeness (QED) is 0.458. The van der Waals surface area contributed by atoms with Gasteiger partial charge >= 0.3 is 0 Å². The van der Waals surface area contributed by atoms with Crippen molar-refractivity contribution in [1.29, 1.82) is 5.26 Å². The summed E-state index contributed by atoms with van der Waals surface area (Å²) in [6.07, 6.45) is 3.31. The topological polar surface area (TPSA) is 98.3 Å². The molecule has 5 rings (SSSR count). The molecule has 8 nitrogen and oxygen atoms in total. The number of aromatic nitrogens is 3. The molecular weight excluding hydrogens is 471 g/mol. The number of hydrogen-bond acceptors (Lipinski definition) is 6. The highest BCUT2D eigenvalue weighted by molar-refractivity contribution is 6.02. The number of rotatable bonds is 4. The number of amides is 1. The van der Waals surface area contributed by atoms with Crippen molar-refractivity contribution in [2.24, 2.45) is 0 Å². The molecule has 0 aliphatic carbocycles. The SMILES string of the molecule is CC1CN(c2ncnc3c2c(-c2ccccc2F)cn3-c2cccc(C#N)c2)CCN1C(=O)C(C)(C)O. The van der Waals surface area contributed by atoms with E-state index in [4.69, 9.17) is 0 Å². The molecule has 2 aromatic heterocycles. The van der Waals surface area contributed by atoms with Crippen LogP contribution in [0.2, 0.25) is 0 Å². The normalized spacial score (nSPS) is 16.2. The monoisotopic (exact) mass is 498 g/mol. The van der Waals surface area contributed by atoms with Crippen molar-refractivity contribution >= 4 is 22.8 Å². The molecule has 1 atom stereocenters. The smallest absolute Gasteiger partial charge is 0.254 e. The molecule has 0 radical (unpaired) electrons. The van der Waals surface area contributed by atoms with Gasteiger partial charge in [-0.15, -0.1) is 0 Å². The Labute approximate surface area is 214 Å². The summed E-state index contributed by atoms with van der Waals surface area (Å²) in [6.45, 7) is 6.31. The molecule has 1 saturated heterocycles. The lowest BCUT2D eigenvalue weighted by atomic mass is 10.0. The Bertz CT molecular complexity index is 1530. The number of halogens is 1. The molecule has 1 fully saturated rings. The molecule has 1 aliphatic heterocycles. The van der Waals surface area contributed by atoms with Crippen LogP contribution in [0.1, 0.15) is 26.3 Å². The van der Waals surface area contributed by atoms with Crippen LogP contribution in [0.4, 0.5) is 10.2 Å². The maximum Gasteiger partial charge on any atom is 0.254 e. The number of anilines is 1. The fourth-order valence-electron chi connectivity index (χ4n) is 4.89. The fourth-order valence-corrected chi connectivity index (χ4v) is 4.89. The molecule has 9 heteroatoms. The van der Waals surface area contributed by atoms with Gasteiger partial charge in [-0.2, -0.15) is 5.26 Å². The predicted octanol–water partition coefficient (Wildman–Crippen LogP) is 3.91. The van der Waals surface area contributed by atoms with Crippen LogP contribution in [-0.4, -0.2) is 61.7 Å². The zero-order valence-corrected chi connectivity index (χ0v) is 20.9. The molecule has 0 spiro atoms. The second-order valence-electron chi connectivity index (χ2n) is 9.80.